The summed E-state index contributed by atoms with van der Waals surface area (Å²) in [6.45, 7) is 6.76. The lowest BCUT2D eigenvalue weighted by molar-refractivity contribution is 0.0708. The van der Waals surface area contributed by atoms with Crippen LogP contribution in [0.3, 0.4) is 0 Å². The molecule has 1 aromatic rings. The summed E-state index contributed by atoms with van der Waals surface area (Å²) in [5.41, 5.74) is 1.86. The van der Waals surface area contributed by atoms with Gasteiger partial charge in [0.25, 0.3) is 5.91 Å². The van der Waals surface area contributed by atoms with Crippen LogP contribution in [0.15, 0.2) is 24.3 Å². The van der Waals surface area contributed by atoms with Crippen molar-refractivity contribution in [2.45, 2.75) is 39.7 Å². The number of hydrogen-bond donors (Lipinski definition) is 0. The molecule has 0 aromatic heterocycles. The van der Waals surface area contributed by atoms with Gasteiger partial charge < -0.3 is 4.90 Å². The monoisotopic (exact) mass is 323 g/mol. The van der Waals surface area contributed by atoms with Crippen LogP contribution in [-0.2, 0) is 16.3 Å². The third kappa shape index (κ3) is 4.09. The van der Waals surface area contributed by atoms with Crippen molar-refractivity contribution in [3.8, 4) is 0 Å². The molecule has 1 heterocycles. The molecule has 0 aliphatic carbocycles. The summed E-state index contributed by atoms with van der Waals surface area (Å²) in [4.78, 5) is 14.3. The first-order valence-corrected chi connectivity index (χ1v) is 9.75. The van der Waals surface area contributed by atoms with Gasteiger partial charge in [0, 0.05) is 18.2 Å². The maximum Gasteiger partial charge on any atom is 0.254 e. The molecule has 2 rings (SSSR count). The average Bonchev–Trinajstić information content (AvgIpc) is 2.80. The lowest BCUT2D eigenvalue weighted by atomic mass is 10.0. The highest BCUT2D eigenvalue weighted by atomic mass is 32.2. The summed E-state index contributed by atoms with van der Waals surface area (Å²) in [5.74, 6) is 0.797. The third-order valence-electron chi connectivity index (χ3n) is 4.10. The number of amides is 1. The zero-order valence-electron chi connectivity index (χ0n) is 13.6. The van der Waals surface area contributed by atoms with Crippen LogP contribution in [0, 0.1) is 5.92 Å². The first-order valence-electron chi connectivity index (χ1n) is 7.92. The predicted octanol–water partition coefficient (Wildman–Crippen LogP) is 2.53. The highest BCUT2D eigenvalue weighted by Crippen LogP contribution is 2.20. The molecule has 122 valence electrons. The summed E-state index contributed by atoms with van der Waals surface area (Å²) in [5, 5.41) is 0. The van der Waals surface area contributed by atoms with Crippen molar-refractivity contribution in [3.63, 3.8) is 0 Å². The number of benzene rings is 1. The van der Waals surface area contributed by atoms with Gasteiger partial charge in [-0.05, 0) is 43.4 Å². The van der Waals surface area contributed by atoms with E-state index in [0.29, 0.717) is 24.4 Å². The van der Waals surface area contributed by atoms with Gasteiger partial charge in [-0.15, -0.1) is 0 Å². The fourth-order valence-electron chi connectivity index (χ4n) is 3.01. The molecule has 0 saturated carbocycles. The first kappa shape index (κ1) is 17.0. The summed E-state index contributed by atoms with van der Waals surface area (Å²) >= 11 is 0. The molecule has 22 heavy (non-hydrogen) atoms. The van der Waals surface area contributed by atoms with Crippen molar-refractivity contribution in [2.24, 2.45) is 5.92 Å². The van der Waals surface area contributed by atoms with Crippen LogP contribution in [0.2, 0.25) is 0 Å². The Hall–Kier alpha value is -1.36. The van der Waals surface area contributed by atoms with E-state index in [4.69, 9.17) is 0 Å². The van der Waals surface area contributed by atoms with E-state index in [2.05, 4.69) is 13.8 Å². The van der Waals surface area contributed by atoms with E-state index in [1.165, 1.54) is 5.56 Å². The molecule has 1 aliphatic rings. The van der Waals surface area contributed by atoms with Crippen molar-refractivity contribution in [1.29, 1.82) is 0 Å². The Kier molecular flexibility index (Phi) is 5.27. The van der Waals surface area contributed by atoms with Crippen LogP contribution < -0.4 is 0 Å². The van der Waals surface area contributed by atoms with Crippen molar-refractivity contribution >= 4 is 15.7 Å². The van der Waals surface area contributed by atoms with Gasteiger partial charge in [0.05, 0.1) is 11.5 Å². The molecule has 0 spiro atoms. The van der Waals surface area contributed by atoms with E-state index in [-0.39, 0.29) is 23.5 Å². The van der Waals surface area contributed by atoms with E-state index >= 15 is 0 Å². The van der Waals surface area contributed by atoms with Crippen LogP contribution in [0.4, 0.5) is 0 Å². The van der Waals surface area contributed by atoms with Crippen LogP contribution in [0.5, 0.6) is 0 Å². The second-order valence-electron chi connectivity index (χ2n) is 6.44. The minimum Gasteiger partial charge on any atom is -0.335 e. The quantitative estimate of drug-likeness (QED) is 0.837. The van der Waals surface area contributed by atoms with Gasteiger partial charge in [-0.3, -0.25) is 4.79 Å². The van der Waals surface area contributed by atoms with Gasteiger partial charge in [-0.25, -0.2) is 8.42 Å². The topological polar surface area (TPSA) is 54.5 Å². The molecule has 1 unspecified atom stereocenters. The van der Waals surface area contributed by atoms with Crippen LogP contribution >= 0.6 is 0 Å². The molecule has 1 aromatic carbocycles. The number of nitrogens with zero attached hydrogens (tertiary/aromatic N) is 1. The Morgan fingerprint density at radius 2 is 1.91 bits per heavy atom. The second-order valence-corrected chi connectivity index (χ2v) is 8.67. The van der Waals surface area contributed by atoms with Gasteiger partial charge >= 0.3 is 0 Å². The number of hydrogen-bond acceptors (Lipinski definition) is 3. The number of carbonyl (C=O) groups excluding carboxylic acids is 1. The Bertz CT molecular complexity index is 620. The molecule has 0 N–H and O–H groups in total. The zero-order valence-corrected chi connectivity index (χ0v) is 14.4. The van der Waals surface area contributed by atoms with Crippen LogP contribution in [0.1, 0.15) is 43.1 Å². The van der Waals surface area contributed by atoms with E-state index in [9.17, 15) is 13.2 Å². The van der Waals surface area contributed by atoms with E-state index < -0.39 is 9.84 Å². The molecule has 5 heteroatoms. The highest BCUT2D eigenvalue weighted by molar-refractivity contribution is 7.91. The number of sulfone groups is 1. The molecular formula is C17H25NO3S. The lowest BCUT2D eigenvalue weighted by Gasteiger charge is -2.27. The van der Waals surface area contributed by atoms with Crippen LogP contribution in [-0.4, -0.2) is 43.3 Å². The first-order chi connectivity index (χ1) is 10.3. The average molecular weight is 323 g/mol. The van der Waals surface area contributed by atoms with E-state index in [1.54, 1.807) is 4.90 Å². The molecule has 1 amide bonds. The number of rotatable bonds is 5. The molecule has 1 saturated heterocycles. The fraction of sp³-hybridized carbons (Fsp3) is 0.588. The minimum atomic E-state index is -2.98. The zero-order chi connectivity index (χ0) is 16.3. The summed E-state index contributed by atoms with van der Waals surface area (Å²) < 4.78 is 23.3. The summed E-state index contributed by atoms with van der Waals surface area (Å²) in [6.07, 6.45) is 1.54. The van der Waals surface area contributed by atoms with E-state index in [1.807, 2.05) is 31.2 Å². The van der Waals surface area contributed by atoms with Crippen molar-refractivity contribution < 1.29 is 13.2 Å². The normalized spacial score (nSPS) is 20.3. The molecule has 0 bridgehead atoms. The third-order valence-corrected chi connectivity index (χ3v) is 5.85. The molecule has 0 radical (unpaired) electrons. The Balaban J connectivity index is 2.11. The SMILES string of the molecule is CCN(C(=O)c1ccc(CC(C)C)cc1)C1CCS(=O)(=O)C1. The molecule has 1 atom stereocenters. The van der Waals surface area contributed by atoms with Gasteiger partial charge in [-0.1, -0.05) is 26.0 Å². The standard InChI is InChI=1S/C17H25NO3S/c1-4-18(16-9-10-22(20,21)12-16)17(19)15-7-5-14(6-8-15)11-13(2)3/h5-8,13,16H,4,9-12H2,1-3H3. The van der Waals surface area contributed by atoms with Crippen molar-refractivity contribution in [3.05, 3.63) is 35.4 Å². The fourth-order valence-corrected chi connectivity index (χ4v) is 4.74. The minimum absolute atomic E-state index is 0.0688. The second kappa shape index (κ2) is 6.82. The molecular weight excluding hydrogens is 298 g/mol. The highest BCUT2D eigenvalue weighted by Gasteiger charge is 2.34. The van der Waals surface area contributed by atoms with Gasteiger partial charge in [-0.2, -0.15) is 0 Å². The predicted molar refractivity (Wildman–Crippen MR) is 88.8 cm³/mol. The molecule has 1 fully saturated rings. The van der Waals surface area contributed by atoms with Gasteiger partial charge in [0.2, 0.25) is 0 Å². The summed E-state index contributed by atoms with van der Waals surface area (Å²) in [7, 11) is -2.98. The smallest absolute Gasteiger partial charge is 0.254 e. The van der Waals surface area contributed by atoms with Crippen molar-refractivity contribution in [2.75, 3.05) is 18.1 Å². The lowest BCUT2D eigenvalue weighted by Crippen LogP contribution is -2.40. The Morgan fingerprint density at radius 1 is 1.27 bits per heavy atom. The number of carbonyl (C=O) groups is 1. The van der Waals surface area contributed by atoms with Gasteiger partial charge in [0.15, 0.2) is 9.84 Å². The maximum atomic E-state index is 12.6. The Morgan fingerprint density at radius 3 is 2.36 bits per heavy atom. The molecule has 4 nitrogen and oxygen atoms in total. The summed E-state index contributed by atoms with van der Waals surface area (Å²) in [6, 6.07) is 7.51. The van der Waals surface area contributed by atoms with Gasteiger partial charge in [0.1, 0.15) is 0 Å². The molecule has 1 aliphatic heterocycles. The maximum absolute atomic E-state index is 12.6. The van der Waals surface area contributed by atoms with E-state index in [0.717, 1.165) is 6.42 Å². The van der Waals surface area contributed by atoms with Crippen LogP contribution in [0.25, 0.3) is 0 Å². The largest absolute Gasteiger partial charge is 0.335 e. The Labute approximate surface area is 133 Å². The van der Waals surface area contributed by atoms with Crippen molar-refractivity contribution in [1.82, 2.24) is 4.90 Å².